The molecule has 0 aromatic carbocycles. The number of unbranched alkanes of at least 4 members (excludes halogenated alkanes) is 5. The molecule has 17 heavy (non-hydrogen) atoms. The van der Waals surface area contributed by atoms with Crippen molar-refractivity contribution in [3.8, 4) is 0 Å². The summed E-state index contributed by atoms with van der Waals surface area (Å²) in [6.45, 7) is 0.0231. The minimum atomic E-state index is -4.35. The Labute approximate surface area is 101 Å². The molecule has 0 radical (unpaired) electrons. The van der Waals surface area contributed by atoms with E-state index in [-0.39, 0.29) is 12.4 Å². The lowest BCUT2D eigenvalue weighted by Gasteiger charge is -2.04. The quantitative estimate of drug-likeness (QED) is 0.315. The first kappa shape index (κ1) is 17.0. The number of hydrogen-bond donors (Lipinski definition) is 3. The van der Waals surface area contributed by atoms with Gasteiger partial charge in [-0.3, -0.25) is 9.08 Å². The van der Waals surface area contributed by atoms with Crippen LogP contribution in [0.1, 0.15) is 38.5 Å². The zero-order valence-corrected chi connectivity index (χ0v) is 11.2. The highest BCUT2D eigenvalue weighted by molar-refractivity contribution is 7.85. The van der Waals surface area contributed by atoms with Gasteiger partial charge >= 0.3 is 7.82 Å². The Hall–Kier alpha value is 0.0200. The molecule has 0 aliphatic rings. The predicted molar refractivity (Wildman–Crippen MR) is 62.1 cm³/mol. The van der Waals surface area contributed by atoms with Crippen LogP contribution in [0.4, 0.5) is 0 Å². The third-order valence-electron chi connectivity index (χ3n) is 2.06. The topological polar surface area (TPSA) is 121 Å². The van der Waals surface area contributed by atoms with Gasteiger partial charge in [0, 0.05) is 0 Å². The Bertz CT molecular complexity index is 334. The number of phosphoric ester groups is 1. The monoisotopic (exact) mass is 290 g/mol. The third kappa shape index (κ3) is 16.0. The van der Waals surface area contributed by atoms with Crippen molar-refractivity contribution in [1.29, 1.82) is 0 Å². The van der Waals surface area contributed by atoms with Gasteiger partial charge in [0.1, 0.15) is 0 Å². The standard InChI is InChI=1S/C8H19O7PS/c9-16(10,11)15-7-5-3-1-2-4-6-8-17(12,13)14/h1-8H2,(H2,9,10,11)(H,12,13,14). The summed E-state index contributed by atoms with van der Waals surface area (Å²) in [5.74, 6) is -0.214. The van der Waals surface area contributed by atoms with E-state index in [1.165, 1.54) is 0 Å². The van der Waals surface area contributed by atoms with E-state index in [2.05, 4.69) is 4.52 Å². The summed E-state index contributed by atoms with van der Waals surface area (Å²) in [5.41, 5.74) is 0. The van der Waals surface area contributed by atoms with E-state index in [9.17, 15) is 13.0 Å². The van der Waals surface area contributed by atoms with Gasteiger partial charge in [-0.1, -0.05) is 25.7 Å². The Morgan fingerprint density at radius 2 is 1.41 bits per heavy atom. The lowest BCUT2D eigenvalue weighted by molar-refractivity contribution is 0.193. The Morgan fingerprint density at radius 3 is 1.88 bits per heavy atom. The van der Waals surface area contributed by atoms with E-state index in [0.717, 1.165) is 19.3 Å². The second kappa shape index (κ2) is 8.18. The Kier molecular flexibility index (Phi) is 8.19. The van der Waals surface area contributed by atoms with Crippen LogP contribution in [0.3, 0.4) is 0 Å². The smallest absolute Gasteiger partial charge is 0.303 e. The van der Waals surface area contributed by atoms with Crippen molar-refractivity contribution in [3.63, 3.8) is 0 Å². The molecule has 0 fully saturated rings. The van der Waals surface area contributed by atoms with E-state index < -0.39 is 17.9 Å². The predicted octanol–water partition coefficient (Wildman–Crippen LogP) is 1.32. The summed E-state index contributed by atoms with van der Waals surface area (Å²) in [4.78, 5) is 16.7. The molecular weight excluding hydrogens is 271 g/mol. The van der Waals surface area contributed by atoms with Gasteiger partial charge in [-0.2, -0.15) is 8.42 Å². The fourth-order valence-electron chi connectivity index (χ4n) is 1.28. The van der Waals surface area contributed by atoms with Crippen LogP contribution in [-0.4, -0.2) is 35.1 Å². The second-order valence-electron chi connectivity index (χ2n) is 3.73. The van der Waals surface area contributed by atoms with E-state index in [1.807, 2.05) is 0 Å². The molecule has 0 saturated carbocycles. The first-order valence-corrected chi connectivity index (χ1v) is 8.50. The summed E-state index contributed by atoms with van der Waals surface area (Å²) in [5, 5.41) is 0. The summed E-state index contributed by atoms with van der Waals surface area (Å²) in [7, 11) is -8.19. The fraction of sp³-hybridized carbons (Fsp3) is 1.00. The van der Waals surface area contributed by atoms with Crippen molar-refractivity contribution in [2.75, 3.05) is 12.4 Å². The van der Waals surface area contributed by atoms with Gasteiger partial charge in [0.25, 0.3) is 10.1 Å². The van der Waals surface area contributed by atoms with Crippen LogP contribution in [0.5, 0.6) is 0 Å². The average Bonchev–Trinajstić information content (AvgIpc) is 2.11. The van der Waals surface area contributed by atoms with Crippen LogP contribution in [0.2, 0.25) is 0 Å². The summed E-state index contributed by atoms with van der Waals surface area (Å²) in [6.07, 6.45) is 4.13. The molecule has 9 heteroatoms. The van der Waals surface area contributed by atoms with Crippen LogP contribution in [0.25, 0.3) is 0 Å². The molecule has 0 saturated heterocycles. The van der Waals surface area contributed by atoms with Gasteiger partial charge in [-0.05, 0) is 12.8 Å². The zero-order chi connectivity index (χ0) is 13.4. The SMILES string of the molecule is O=P(O)(O)OCCCCCCCCS(=O)(=O)O. The molecule has 0 aromatic rings. The number of rotatable bonds is 10. The van der Waals surface area contributed by atoms with Crippen molar-refractivity contribution in [2.45, 2.75) is 38.5 Å². The van der Waals surface area contributed by atoms with Gasteiger partial charge in [-0.25, -0.2) is 4.57 Å². The highest BCUT2D eigenvalue weighted by atomic mass is 32.2. The number of hydrogen-bond acceptors (Lipinski definition) is 4. The highest BCUT2D eigenvalue weighted by Crippen LogP contribution is 2.35. The maximum absolute atomic E-state index is 10.4. The lowest BCUT2D eigenvalue weighted by Crippen LogP contribution is -2.03. The average molecular weight is 290 g/mol. The van der Waals surface area contributed by atoms with Crippen LogP contribution in [0.15, 0.2) is 0 Å². The van der Waals surface area contributed by atoms with Crippen LogP contribution < -0.4 is 0 Å². The van der Waals surface area contributed by atoms with Crippen molar-refractivity contribution in [2.24, 2.45) is 0 Å². The molecular formula is C8H19O7PS. The molecule has 0 amide bonds. The first-order valence-electron chi connectivity index (χ1n) is 5.36. The van der Waals surface area contributed by atoms with E-state index in [1.54, 1.807) is 0 Å². The van der Waals surface area contributed by atoms with E-state index in [4.69, 9.17) is 14.3 Å². The second-order valence-corrected chi connectivity index (χ2v) is 6.54. The molecule has 0 spiro atoms. The Balaban J connectivity index is 3.23. The molecule has 0 heterocycles. The molecule has 0 bridgehead atoms. The maximum Gasteiger partial charge on any atom is 0.469 e. The maximum atomic E-state index is 10.4. The minimum absolute atomic E-state index is 0.0231. The van der Waals surface area contributed by atoms with Gasteiger partial charge in [-0.15, -0.1) is 0 Å². The van der Waals surface area contributed by atoms with Gasteiger partial charge in [0.05, 0.1) is 12.4 Å². The molecule has 0 unspecified atom stereocenters. The van der Waals surface area contributed by atoms with Gasteiger partial charge < -0.3 is 9.79 Å². The zero-order valence-electron chi connectivity index (χ0n) is 9.49. The van der Waals surface area contributed by atoms with Gasteiger partial charge in [0.15, 0.2) is 0 Å². The van der Waals surface area contributed by atoms with Crippen LogP contribution in [0, 0.1) is 0 Å². The normalized spacial score (nSPS) is 12.9. The molecule has 0 rings (SSSR count). The molecule has 0 atom stereocenters. The molecule has 0 aromatic heterocycles. The van der Waals surface area contributed by atoms with Crippen molar-refractivity contribution in [3.05, 3.63) is 0 Å². The first-order chi connectivity index (χ1) is 7.71. The van der Waals surface area contributed by atoms with E-state index in [0.29, 0.717) is 19.3 Å². The molecule has 104 valence electrons. The molecule has 7 nitrogen and oxygen atoms in total. The van der Waals surface area contributed by atoms with Crippen molar-refractivity contribution in [1.82, 2.24) is 0 Å². The largest absolute Gasteiger partial charge is 0.469 e. The fourth-order valence-corrected chi connectivity index (χ4v) is 2.21. The molecule has 0 aliphatic carbocycles. The highest BCUT2D eigenvalue weighted by Gasteiger charge is 2.12. The van der Waals surface area contributed by atoms with Crippen molar-refractivity contribution >= 4 is 17.9 Å². The van der Waals surface area contributed by atoms with Crippen LogP contribution >= 0.6 is 7.82 Å². The summed E-state index contributed by atoms with van der Waals surface area (Å²) >= 11 is 0. The summed E-state index contributed by atoms with van der Waals surface area (Å²) < 4.78 is 43.7. The minimum Gasteiger partial charge on any atom is -0.303 e. The van der Waals surface area contributed by atoms with E-state index >= 15 is 0 Å². The number of phosphoric acid groups is 1. The summed E-state index contributed by atoms with van der Waals surface area (Å²) in [6, 6.07) is 0. The third-order valence-corrected chi connectivity index (χ3v) is 3.38. The van der Waals surface area contributed by atoms with Crippen molar-refractivity contribution < 1.29 is 31.8 Å². The lowest BCUT2D eigenvalue weighted by atomic mass is 10.1. The Morgan fingerprint density at radius 1 is 0.941 bits per heavy atom. The molecule has 0 aliphatic heterocycles. The molecule has 3 N–H and O–H groups in total. The van der Waals surface area contributed by atoms with Crippen LogP contribution in [-0.2, 0) is 19.2 Å². The van der Waals surface area contributed by atoms with Gasteiger partial charge in [0.2, 0.25) is 0 Å².